The van der Waals surface area contributed by atoms with Gasteiger partial charge < -0.3 is 15.5 Å². The molecule has 0 radical (unpaired) electrons. The van der Waals surface area contributed by atoms with Crippen LogP contribution in [0.25, 0.3) is 0 Å². The second kappa shape index (κ2) is 6.27. The minimum absolute atomic E-state index is 0.169. The normalized spacial score (nSPS) is 10.1. The Kier molecular flexibility index (Phi) is 4.98. The number of furan rings is 1. The molecule has 88 valence electrons. The van der Waals surface area contributed by atoms with Crippen LogP contribution in [0.15, 0.2) is 16.7 Å². The third-order valence-electron chi connectivity index (χ3n) is 2.20. The van der Waals surface area contributed by atoms with Crippen molar-refractivity contribution < 1.29 is 9.21 Å². The zero-order valence-electron chi connectivity index (χ0n) is 9.29. The number of amides is 1. The summed E-state index contributed by atoms with van der Waals surface area (Å²) in [5, 5.41) is 2.78. The summed E-state index contributed by atoms with van der Waals surface area (Å²) in [5.41, 5.74) is 6.21. The zero-order valence-corrected chi connectivity index (χ0v) is 10.1. The highest BCUT2D eigenvalue weighted by Gasteiger charge is 2.10. The molecule has 0 fully saturated rings. The van der Waals surface area contributed by atoms with Gasteiger partial charge in [-0.1, -0.05) is 12.2 Å². The van der Waals surface area contributed by atoms with Crippen molar-refractivity contribution in [1.29, 1.82) is 0 Å². The summed E-state index contributed by atoms with van der Waals surface area (Å²) in [7, 11) is 0. The first-order valence-electron chi connectivity index (χ1n) is 5.22. The molecule has 4 nitrogen and oxygen atoms in total. The molecule has 1 amide bonds. The van der Waals surface area contributed by atoms with Gasteiger partial charge in [-0.3, -0.25) is 4.79 Å². The van der Waals surface area contributed by atoms with E-state index in [1.54, 1.807) is 6.07 Å². The number of carbonyl (C=O) groups excluding carboxylic acids is 1. The van der Waals surface area contributed by atoms with Crippen molar-refractivity contribution in [1.82, 2.24) is 5.32 Å². The monoisotopic (exact) mass is 240 g/mol. The van der Waals surface area contributed by atoms with Gasteiger partial charge in [-0.2, -0.15) is 0 Å². The first-order valence-corrected chi connectivity index (χ1v) is 5.62. The van der Waals surface area contributed by atoms with Crippen molar-refractivity contribution in [3.63, 3.8) is 0 Å². The van der Waals surface area contributed by atoms with Gasteiger partial charge in [-0.25, -0.2) is 0 Å². The average molecular weight is 240 g/mol. The number of aryl methyl sites for hydroxylation is 1. The maximum atomic E-state index is 11.6. The van der Waals surface area contributed by atoms with Crippen LogP contribution >= 0.6 is 12.2 Å². The smallest absolute Gasteiger partial charge is 0.287 e. The van der Waals surface area contributed by atoms with E-state index in [2.05, 4.69) is 5.32 Å². The molecule has 0 aliphatic heterocycles. The molecule has 0 aliphatic carbocycles. The lowest BCUT2D eigenvalue weighted by Crippen LogP contribution is -2.24. The summed E-state index contributed by atoms with van der Waals surface area (Å²) in [6, 6.07) is 1.77. The number of thiocarbonyl (C=S) groups is 1. The van der Waals surface area contributed by atoms with Gasteiger partial charge >= 0.3 is 0 Å². The Morgan fingerprint density at radius 1 is 1.56 bits per heavy atom. The number of nitrogens with two attached hydrogens (primary N) is 1. The third-order valence-corrected chi connectivity index (χ3v) is 2.41. The summed E-state index contributed by atoms with van der Waals surface area (Å²) in [4.78, 5) is 12.1. The van der Waals surface area contributed by atoms with E-state index in [4.69, 9.17) is 22.4 Å². The summed E-state index contributed by atoms with van der Waals surface area (Å²) in [5.74, 6) is 0.215. The van der Waals surface area contributed by atoms with Gasteiger partial charge in [0.15, 0.2) is 5.76 Å². The predicted octanol–water partition coefficient (Wildman–Crippen LogP) is 1.77. The first-order chi connectivity index (χ1) is 7.61. The van der Waals surface area contributed by atoms with Crippen molar-refractivity contribution in [2.24, 2.45) is 5.73 Å². The molecule has 0 aromatic carbocycles. The molecular formula is C11H16N2O2S. The van der Waals surface area contributed by atoms with Crippen LogP contribution in [0, 0.1) is 6.92 Å². The van der Waals surface area contributed by atoms with E-state index in [-0.39, 0.29) is 5.91 Å². The molecule has 0 bridgehead atoms. The van der Waals surface area contributed by atoms with Crippen LogP contribution in [0.1, 0.15) is 35.4 Å². The van der Waals surface area contributed by atoms with Crippen LogP contribution in [-0.4, -0.2) is 17.4 Å². The Hall–Kier alpha value is -1.36. The minimum atomic E-state index is -0.169. The Morgan fingerprint density at radius 2 is 2.31 bits per heavy atom. The predicted molar refractivity (Wildman–Crippen MR) is 66.4 cm³/mol. The molecule has 0 saturated carbocycles. The standard InChI is InChI=1S/C11H16N2O2S/c1-8-5-7-15-10(8)11(14)13-6-3-2-4-9(12)16/h5,7H,2-4,6H2,1H3,(H2,12,16)(H,13,14). The van der Waals surface area contributed by atoms with Gasteiger partial charge in [-0.05, 0) is 32.3 Å². The molecule has 0 unspecified atom stereocenters. The van der Waals surface area contributed by atoms with Crippen molar-refractivity contribution in [3.8, 4) is 0 Å². The highest BCUT2D eigenvalue weighted by molar-refractivity contribution is 7.80. The SMILES string of the molecule is Cc1ccoc1C(=O)NCCCCC(N)=S. The largest absolute Gasteiger partial charge is 0.459 e. The van der Waals surface area contributed by atoms with Gasteiger partial charge in [0.1, 0.15) is 0 Å². The van der Waals surface area contributed by atoms with Crippen molar-refractivity contribution in [3.05, 3.63) is 23.7 Å². The van der Waals surface area contributed by atoms with E-state index in [1.807, 2.05) is 6.92 Å². The summed E-state index contributed by atoms with van der Waals surface area (Å²) >= 11 is 4.75. The van der Waals surface area contributed by atoms with Crippen molar-refractivity contribution >= 4 is 23.1 Å². The number of rotatable bonds is 6. The quantitative estimate of drug-likeness (QED) is 0.587. The molecule has 0 saturated heterocycles. The zero-order chi connectivity index (χ0) is 12.0. The fourth-order valence-electron chi connectivity index (χ4n) is 1.31. The second-order valence-electron chi connectivity index (χ2n) is 3.61. The van der Waals surface area contributed by atoms with Crippen molar-refractivity contribution in [2.45, 2.75) is 26.2 Å². The lowest BCUT2D eigenvalue weighted by atomic mass is 10.2. The first kappa shape index (κ1) is 12.7. The van der Waals surface area contributed by atoms with Gasteiger partial charge in [0.05, 0.1) is 11.3 Å². The summed E-state index contributed by atoms with van der Waals surface area (Å²) in [6.45, 7) is 2.45. The van der Waals surface area contributed by atoms with Crippen LogP contribution < -0.4 is 11.1 Å². The minimum Gasteiger partial charge on any atom is -0.459 e. The summed E-state index contributed by atoms with van der Waals surface area (Å²) < 4.78 is 5.07. The lowest BCUT2D eigenvalue weighted by molar-refractivity contribution is 0.0924. The second-order valence-corrected chi connectivity index (χ2v) is 4.14. The van der Waals surface area contributed by atoms with Crippen molar-refractivity contribution in [2.75, 3.05) is 6.54 Å². The molecule has 0 atom stereocenters. The van der Waals surface area contributed by atoms with Crippen LogP contribution in [0.3, 0.4) is 0 Å². The number of carbonyl (C=O) groups is 1. The van der Waals surface area contributed by atoms with E-state index in [9.17, 15) is 4.79 Å². The average Bonchev–Trinajstić information content (AvgIpc) is 2.63. The number of nitrogens with one attached hydrogen (secondary N) is 1. The van der Waals surface area contributed by atoms with E-state index in [0.717, 1.165) is 24.8 Å². The van der Waals surface area contributed by atoms with Gasteiger partial charge in [0, 0.05) is 12.1 Å². The maximum absolute atomic E-state index is 11.6. The van der Waals surface area contributed by atoms with E-state index >= 15 is 0 Å². The topological polar surface area (TPSA) is 68.3 Å². The lowest BCUT2D eigenvalue weighted by Gasteiger charge is -2.03. The molecule has 0 spiro atoms. The van der Waals surface area contributed by atoms with Crippen LogP contribution in [0.2, 0.25) is 0 Å². The molecule has 1 aromatic heterocycles. The highest BCUT2D eigenvalue weighted by atomic mass is 32.1. The fourth-order valence-corrected chi connectivity index (χ4v) is 1.46. The van der Waals surface area contributed by atoms with E-state index in [1.165, 1.54) is 6.26 Å². The molecular weight excluding hydrogens is 224 g/mol. The summed E-state index contributed by atoms with van der Waals surface area (Å²) in [6.07, 6.45) is 4.00. The molecule has 3 N–H and O–H groups in total. The van der Waals surface area contributed by atoms with Gasteiger partial charge in [0.2, 0.25) is 0 Å². The Morgan fingerprint density at radius 3 is 2.88 bits per heavy atom. The third kappa shape index (κ3) is 4.02. The van der Waals surface area contributed by atoms with Crippen LogP contribution in [-0.2, 0) is 0 Å². The Balaban J connectivity index is 2.21. The van der Waals surface area contributed by atoms with E-state index in [0.29, 0.717) is 17.3 Å². The van der Waals surface area contributed by atoms with E-state index < -0.39 is 0 Å². The number of hydrogen-bond donors (Lipinski definition) is 2. The molecule has 5 heteroatoms. The Labute approximate surface area is 100 Å². The van der Waals surface area contributed by atoms with Crippen LogP contribution in [0.5, 0.6) is 0 Å². The van der Waals surface area contributed by atoms with Gasteiger partial charge in [-0.15, -0.1) is 0 Å². The molecule has 1 heterocycles. The molecule has 1 aromatic rings. The molecule has 1 rings (SSSR count). The fraction of sp³-hybridized carbons (Fsp3) is 0.455. The number of hydrogen-bond acceptors (Lipinski definition) is 3. The Bertz CT molecular complexity index is 374. The maximum Gasteiger partial charge on any atom is 0.287 e. The van der Waals surface area contributed by atoms with Gasteiger partial charge in [0.25, 0.3) is 5.91 Å². The number of unbranched alkanes of at least 4 members (excludes halogenated alkanes) is 1. The molecule has 0 aliphatic rings. The highest BCUT2D eigenvalue weighted by Crippen LogP contribution is 2.08. The van der Waals surface area contributed by atoms with Crippen LogP contribution in [0.4, 0.5) is 0 Å². The molecule has 16 heavy (non-hydrogen) atoms.